The topological polar surface area (TPSA) is 76.1 Å². The molecule has 3 heterocycles. The molecule has 7 nitrogen and oxygen atoms in total. The molecule has 0 atom stereocenters. The van der Waals surface area contributed by atoms with E-state index >= 15 is 0 Å². The van der Waals surface area contributed by atoms with Crippen LogP contribution in [0, 0.1) is 0 Å². The summed E-state index contributed by atoms with van der Waals surface area (Å²) in [4.78, 5) is 28.3. The van der Waals surface area contributed by atoms with E-state index in [0.717, 1.165) is 0 Å². The summed E-state index contributed by atoms with van der Waals surface area (Å²) < 4.78 is 15.6. The highest BCUT2D eigenvalue weighted by Crippen LogP contribution is 2.12. The third kappa shape index (κ3) is 4.05. The van der Waals surface area contributed by atoms with E-state index in [1.807, 2.05) is 0 Å². The van der Waals surface area contributed by atoms with Crippen LogP contribution in [0.1, 0.15) is 22.5 Å². The van der Waals surface area contributed by atoms with Gasteiger partial charge in [-0.25, -0.2) is 0 Å². The highest BCUT2D eigenvalue weighted by molar-refractivity contribution is 5.94. The number of rotatable bonds is 6. The molecule has 0 radical (unpaired) electrons. The number of amides is 2. The molecule has 1 fully saturated rings. The molecular formula is C17H20N2O5. The molecule has 7 heteroatoms. The van der Waals surface area contributed by atoms with Crippen molar-refractivity contribution in [3.63, 3.8) is 0 Å². The van der Waals surface area contributed by atoms with Crippen molar-refractivity contribution in [2.24, 2.45) is 0 Å². The smallest absolute Gasteiger partial charge is 0.257 e. The van der Waals surface area contributed by atoms with Crippen molar-refractivity contribution in [3.8, 4) is 0 Å². The minimum atomic E-state index is -0.185. The van der Waals surface area contributed by atoms with Gasteiger partial charge < -0.3 is 23.4 Å². The summed E-state index contributed by atoms with van der Waals surface area (Å²) in [6.07, 6.45) is 4.69. The molecule has 0 saturated carbocycles. The van der Waals surface area contributed by atoms with E-state index in [4.69, 9.17) is 13.6 Å². The fourth-order valence-corrected chi connectivity index (χ4v) is 2.61. The van der Waals surface area contributed by atoms with E-state index in [1.54, 1.807) is 34.3 Å². The number of morpholine rings is 1. The summed E-state index contributed by atoms with van der Waals surface area (Å²) in [5.41, 5.74) is 0.459. The van der Waals surface area contributed by atoms with Crippen molar-refractivity contribution >= 4 is 11.8 Å². The zero-order valence-corrected chi connectivity index (χ0v) is 13.3. The van der Waals surface area contributed by atoms with Crippen molar-refractivity contribution in [1.29, 1.82) is 0 Å². The van der Waals surface area contributed by atoms with Gasteiger partial charge in [0, 0.05) is 26.1 Å². The fourth-order valence-electron chi connectivity index (χ4n) is 2.61. The molecule has 0 N–H and O–H groups in total. The van der Waals surface area contributed by atoms with Crippen LogP contribution in [-0.2, 0) is 16.1 Å². The molecule has 1 saturated heterocycles. The van der Waals surface area contributed by atoms with E-state index in [9.17, 15) is 9.59 Å². The molecular weight excluding hydrogens is 312 g/mol. The van der Waals surface area contributed by atoms with Gasteiger partial charge in [0.25, 0.3) is 5.91 Å². The summed E-state index contributed by atoms with van der Waals surface area (Å²) in [6, 6.07) is 5.19. The van der Waals surface area contributed by atoms with Crippen LogP contribution in [0.25, 0.3) is 0 Å². The molecule has 0 spiro atoms. The number of hydrogen-bond acceptors (Lipinski definition) is 5. The molecule has 24 heavy (non-hydrogen) atoms. The van der Waals surface area contributed by atoms with Crippen molar-refractivity contribution in [1.82, 2.24) is 9.80 Å². The van der Waals surface area contributed by atoms with E-state index in [2.05, 4.69) is 0 Å². The van der Waals surface area contributed by atoms with Gasteiger partial charge in [0.1, 0.15) is 12.0 Å². The lowest BCUT2D eigenvalue weighted by Crippen LogP contribution is -2.42. The Morgan fingerprint density at radius 3 is 2.67 bits per heavy atom. The quantitative estimate of drug-likeness (QED) is 0.806. The van der Waals surface area contributed by atoms with Crippen molar-refractivity contribution < 1.29 is 23.2 Å². The maximum Gasteiger partial charge on any atom is 0.257 e. The second-order valence-corrected chi connectivity index (χ2v) is 5.56. The van der Waals surface area contributed by atoms with Gasteiger partial charge in [0.15, 0.2) is 0 Å². The van der Waals surface area contributed by atoms with Gasteiger partial charge in [-0.15, -0.1) is 0 Å². The highest BCUT2D eigenvalue weighted by atomic mass is 16.5. The molecule has 0 aromatic carbocycles. The SMILES string of the molecule is O=C(CCN(Cc1ccco1)C(=O)c1ccoc1)N1CCOCC1. The minimum absolute atomic E-state index is 0.0303. The monoisotopic (exact) mass is 332 g/mol. The summed E-state index contributed by atoms with van der Waals surface area (Å²) in [7, 11) is 0. The summed E-state index contributed by atoms with van der Waals surface area (Å²) >= 11 is 0. The van der Waals surface area contributed by atoms with Gasteiger partial charge in [-0.05, 0) is 18.2 Å². The summed E-state index contributed by atoms with van der Waals surface area (Å²) in [5, 5.41) is 0. The molecule has 1 aliphatic rings. The van der Waals surface area contributed by atoms with Crippen molar-refractivity contribution in [2.45, 2.75) is 13.0 Å². The fraction of sp³-hybridized carbons (Fsp3) is 0.412. The number of furan rings is 2. The molecule has 0 bridgehead atoms. The third-order valence-corrected chi connectivity index (χ3v) is 3.94. The second-order valence-electron chi connectivity index (χ2n) is 5.56. The summed E-state index contributed by atoms with van der Waals surface area (Å²) in [6.45, 7) is 2.97. The highest BCUT2D eigenvalue weighted by Gasteiger charge is 2.22. The van der Waals surface area contributed by atoms with Crippen LogP contribution < -0.4 is 0 Å². The first-order chi connectivity index (χ1) is 11.7. The number of ether oxygens (including phenoxy) is 1. The van der Waals surface area contributed by atoms with Gasteiger partial charge in [-0.1, -0.05) is 0 Å². The van der Waals surface area contributed by atoms with Crippen LogP contribution in [0.5, 0.6) is 0 Å². The van der Waals surface area contributed by atoms with Crippen LogP contribution in [0.4, 0.5) is 0 Å². The van der Waals surface area contributed by atoms with Gasteiger partial charge >= 0.3 is 0 Å². The summed E-state index contributed by atoms with van der Waals surface area (Å²) in [5.74, 6) is 0.517. The molecule has 128 valence electrons. The number of hydrogen-bond donors (Lipinski definition) is 0. The Bertz CT molecular complexity index is 645. The van der Waals surface area contributed by atoms with E-state index < -0.39 is 0 Å². The van der Waals surface area contributed by atoms with E-state index in [-0.39, 0.29) is 18.2 Å². The lowest BCUT2D eigenvalue weighted by molar-refractivity contribution is -0.135. The van der Waals surface area contributed by atoms with Crippen LogP contribution in [0.2, 0.25) is 0 Å². The Morgan fingerprint density at radius 2 is 2.00 bits per heavy atom. The molecule has 1 aliphatic heterocycles. The maximum atomic E-state index is 12.6. The Hall–Kier alpha value is -2.54. The van der Waals surface area contributed by atoms with Crippen molar-refractivity contribution in [3.05, 3.63) is 48.3 Å². The van der Waals surface area contributed by atoms with Crippen LogP contribution in [0.15, 0.2) is 45.8 Å². The minimum Gasteiger partial charge on any atom is -0.472 e. The lowest BCUT2D eigenvalue weighted by atomic mass is 10.2. The standard InChI is InChI=1S/C17H20N2O5/c20-16(18-6-10-22-11-7-18)3-5-19(12-15-2-1-8-24-15)17(21)14-4-9-23-13-14/h1-2,4,8-9,13H,3,5-7,10-12H2. The van der Waals surface area contributed by atoms with E-state index in [1.165, 1.54) is 12.5 Å². The average molecular weight is 332 g/mol. The van der Waals surface area contributed by atoms with Gasteiger partial charge in [-0.2, -0.15) is 0 Å². The van der Waals surface area contributed by atoms with Crippen LogP contribution >= 0.6 is 0 Å². The van der Waals surface area contributed by atoms with Crippen molar-refractivity contribution in [2.75, 3.05) is 32.8 Å². The lowest BCUT2D eigenvalue weighted by Gasteiger charge is -2.28. The molecule has 0 unspecified atom stereocenters. The van der Waals surface area contributed by atoms with Crippen LogP contribution in [0.3, 0.4) is 0 Å². The number of carbonyl (C=O) groups is 2. The van der Waals surface area contributed by atoms with Gasteiger partial charge in [-0.3, -0.25) is 9.59 Å². The Labute approximate surface area is 139 Å². The third-order valence-electron chi connectivity index (χ3n) is 3.94. The normalized spacial score (nSPS) is 14.6. The molecule has 2 amide bonds. The molecule has 2 aromatic rings. The zero-order valence-electron chi connectivity index (χ0n) is 13.3. The van der Waals surface area contributed by atoms with Gasteiger partial charge in [0.05, 0.1) is 37.8 Å². The largest absolute Gasteiger partial charge is 0.472 e. The molecule has 2 aromatic heterocycles. The Kier molecular flexibility index (Phi) is 5.32. The second kappa shape index (κ2) is 7.83. The zero-order chi connectivity index (χ0) is 16.8. The number of carbonyl (C=O) groups excluding carboxylic acids is 2. The predicted octanol–water partition coefficient (Wildman–Crippen LogP) is 1.76. The maximum absolute atomic E-state index is 12.6. The number of nitrogens with zero attached hydrogens (tertiary/aromatic N) is 2. The first kappa shape index (κ1) is 16.3. The average Bonchev–Trinajstić information content (AvgIpc) is 3.32. The molecule has 3 rings (SSSR count). The molecule has 0 aliphatic carbocycles. The Balaban J connectivity index is 1.63. The predicted molar refractivity (Wildman–Crippen MR) is 84.2 cm³/mol. The van der Waals surface area contributed by atoms with E-state index in [0.29, 0.717) is 50.7 Å². The Morgan fingerprint density at radius 1 is 1.17 bits per heavy atom. The van der Waals surface area contributed by atoms with Crippen LogP contribution in [-0.4, -0.2) is 54.5 Å². The first-order valence-electron chi connectivity index (χ1n) is 7.93. The van der Waals surface area contributed by atoms with Gasteiger partial charge in [0.2, 0.25) is 5.91 Å². The first-order valence-corrected chi connectivity index (χ1v) is 7.93.